The monoisotopic (exact) mass is 263 g/mol. The molecule has 0 aliphatic heterocycles. The van der Waals surface area contributed by atoms with Crippen LogP contribution in [0.2, 0.25) is 0 Å². The highest BCUT2D eigenvalue weighted by Gasteiger charge is 2.10. The van der Waals surface area contributed by atoms with Gasteiger partial charge in [0.15, 0.2) is 0 Å². The maximum absolute atomic E-state index is 11.6. The lowest BCUT2D eigenvalue weighted by molar-refractivity contribution is -0.143. The number of carbonyl (C=O) groups is 2. The van der Waals surface area contributed by atoms with Crippen molar-refractivity contribution in [3.8, 4) is 0 Å². The van der Waals surface area contributed by atoms with Crippen LogP contribution < -0.4 is 0 Å². The molecule has 17 heavy (non-hydrogen) atoms. The van der Waals surface area contributed by atoms with Gasteiger partial charge in [-0.05, 0) is 6.92 Å². The second-order valence-electron chi connectivity index (χ2n) is 3.42. The zero-order chi connectivity index (χ0) is 13.1. The smallest absolute Gasteiger partial charge is 0.307 e. The molecule has 100 valence electrons. The molecule has 0 heterocycles. The summed E-state index contributed by atoms with van der Waals surface area (Å²) < 4.78 is 9.67. The largest absolute Gasteiger partial charge is 0.466 e. The molecule has 5 nitrogen and oxygen atoms in total. The van der Waals surface area contributed by atoms with Gasteiger partial charge < -0.3 is 14.4 Å². The highest BCUT2D eigenvalue weighted by molar-refractivity contribution is 7.99. The van der Waals surface area contributed by atoms with Gasteiger partial charge in [-0.15, -0.1) is 11.8 Å². The van der Waals surface area contributed by atoms with E-state index in [2.05, 4.69) is 0 Å². The van der Waals surface area contributed by atoms with Crippen molar-refractivity contribution in [3.05, 3.63) is 0 Å². The Morgan fingerprint density at radius 1 is 1.35 bits per heavy atom. The molecule has 0 bridgehead atoms. The number of thioether (sulfide) groups is 1. The minimum atomic E-state index is -0.265. The van der Waals surface area contributed by atoms with Crippen molar-refractivity contribution in [1.29, 1.82) is 0 Å². The number of methoxy groups -OCH3 is 1. The summed E-state index contributed by atoms with van der Waals surface area (Å²) >= 11 is 1.53. The van der Waals surface area contributed by atoms with E-state index in [-0.39, 0.29) is 18.3 Å². The van der Waals surface area contributed by atoms with Gasteiger partial charge in [-0.1, -0.05) is 0 Å². The van der Waals surface area contributed by atoms with E-state index in [4.69, 9.17) is 9.47 Å². The lowest BCUT2D eigenvalue weighted by atomic mass is 10.4. The van der Waals surface area contributed by atoms with Gasteiger partial charge in [0.1, 0.15) is 0 Å². The summed E-state index contributed by atoms with van der Waals surface area (Å²) in [6.45, 7) is 3.19. The van der Waals surface area contributed by atoms with Crippen molar-refractivity contribution < 1.29 is 19.1 Å². The van der Waals surface area contributed by atoms with E-state index in [1.165, 1.54) is 11.8 Å². The predicted octanol–water partition coefficient (Wildman–Crippen LogP) is 0.778. The Kier molecular flexibility index (Phi) is 9.95. The van der Waals surface area contributed by atoms with Gasteiger partial charge in [-0.3, -0.25) is 9.59 Å². The van der Waals surface area contributed by atoms with Gasteiger partial charge in [0, 0.05) is 26.5 Å². The summed E-state index contributed by atoms with van der Waals surface area (Å²) in [5.74, 6) is 0.978. The topological polar surface area (TPSA) is 55.8 Å². The minimum absolute atomic E-state index is 0.0235. The molecule has 0 saturated heterocycles. The summed E-state index contributed by atoms with van der Waals surface area (Å²) in [6.07, 6.45) is 0.249. The molecule has 0 aliphatic carbocycles. The van der Waals surface area contributed by atoms with Crippen molar-refractivity contribution in [1.82, 2.24) is 4.90 Å². The average Bonchev–Trinajstić information content (AvgIpc) is 2.31. The van der Waals surface area contributed by atoms with Crippen LogP contribution in [0.15, 0.2) is 0 Å². The van der Waals surface area contributed by atoms with Crippen LogP contribution in [0.4, 0.5) is 0 Å². The van der Waals surface area contributed by atoms with Crippen molar-refractivity contribution in [2.75, 3.05) is 45.4 Å². The molecule has 0 spiro atoms. The second kappa shape index (κ2) is 10.4. The zero-order valence-corrected chi connectivity index (χ0v) is 11.5. The van der Waals surface area contributed by atoms with E-state index in [1.807, 2.05) is 0 Å². The first-order valence-electron chi connectivity index (χ1n) is 5.58. The van der Waals surface area contributed by atoms with Crippen LogP contribution in [0.1, 0.15) is 13.3 Å². The summed E-state index contributed by atoms with van der Waals surface area (Å²) in [7, 11) is 3.33. The molecule has 0 unspecified atom stereocenters. The number of carbonyl (C=O) groups excluding carboxylic acids is 2. The Morgan fingerprint density at radius 2 is 2.06 bits per heavy atom. The molecule has 6 heteroatoms. The standard InChI is InChI=1S/C11H21NO4S/c1-4-16-11(14)5-6-12(2)10(13)9-17-8-7-15-3/h4-9H2,1-3H3. The van der Waals surface area contributed by atoms with Crippen molar-refractivity contribution in [2.45, 2.75) is 13.3 Å². The lowest BCUT2D eigenvalue weighted by Gasteiger charge is -2.16. The van der Waals surface area contributed by atoms with E-state index in [9.17, 15) is 9.59 Å². The number of nitrogens with zero attached hydrogens (tertiary/aromatic N) is 1. The van der Waals surface area contributed by atoms with Gasteiger partial charge in [-0.2, -0.15) is 0 Å². The highest BCUT2D eigenvalue weighted by Crippen LogP contribution is 2.02. The number of ether oxygens (including phenoxy) is 2. The summed E-state index contributed by atoms with van der Waals surface area (Å²) in [4.78, 5) is 24.2. The summed E-state index contributed by atoms with van der Waals surface area (Å²) in [6, 6.07) is 0. The second-order valence-corrected chi connectivity index (χ2v) is 4.52. The molecule has 0 saturated carbocycles. The van der Waals surface area contributed by atoms with Crippen LogP contribution in [0.3, 0.4) is 0 Å². The van der Waals surface area contributed by atoms with Crippen LogP contribution in [-0.4, -0.2) is 62.2 Å². The van der Waals surface area contributed by atoms with Crippen LogP contribution in [0.25, 0.3) is 0 Å². The number of esters is 1. The molecule has 0 aromatic rings. The van der Waals surface area contributed by atoms with E-state index in [0.29, 0.717) is 25.5 Å². The Morgan fingerprint density at radius 3 is 2.65 bits per heavy atom. The molecular formula is C11H21NO4S. The van der Waals surface area contributed by atoms with Crippen LogP contribution in [-0.2, 0) is 19.1 Å². The van der Waals surface area contributed by atoms with Gasteiger partial charge in [0.25, 0.3) is 0 Å². The van der Waals surface area contributed by atoms with Crippen molar-refractivity contribution >= 4 is 23.6 Å². The molecule has 0 N–H and O–H groups in total. The Balaban J connectivity index is 3.63. The predicted molar refractivity (Wildman–Crippen MR) is 68.1 cm³/mol. The molecule has 1 amide bonds. The van der Waals surface area contributed by atoms with Crippen molar-refractivity contribution in [2.24, 2.45) is 0 Å². The Labute approximate surface area is 107 Å². The third kappa shape index (κ3) is 9.00. The molecule has 0 aliphatic rings. The van der Waals surface area contributed by atoms with E-state index in [1.54, 1.807) is 26.0 Å². The first-order valence-corrected chi connectivity index (χ1v) is 6.73. The number of hydrogen-bond acceptors (Lipinski definition) is 5. The van der Waals surface area contributed by atoms with Crippen LogP contribution >= 0.6 is 11.8 Å². The first-order chi connectivity index (χ1) is 8.11. The maximum atomic E-state index is 11.6. The molecule has 0 atom stereocenters. The lowest BCUT2D eigenvalue weighted by Crippen LogP contribution is -2.31. The van der Waals surface area contributed by atoms with Gasteiger partial charge in [-0.25, -0.2) is 0 Å². The van der Waals surface area contributed by atoms with E-state index in [0.717, 1.165) is 5.75 Å². The van der Waals surface area contributed by atoms with Gasteiger partial charge >= 0.3 is 5.97 Å². The number of rotatable bonds is 9. The van der Waals surface area contributed by atoms with Gasteiger partial charge in [0.05, 0.1) is 25.4 Å². The van der Waals surface area contributed by atoms with E-state index < -0.39 is 0 Å². The summed E-state index contributed by atoms with van der Waals surface area (Å²) in [5, 5.41) is 0. The first kappa shape index (κ1) is 16.2. The normalized spacial score (nSPS) is 10.1. The fraction of sp³-hybridized carbons (Fsp3) is 0.818. The van der Waals surface area contributed by atoms with Gasteiger partial charge in [0.2, 0.25) is 5.91 Å². The fourth-order valence-corrected chi connectivity index (χ4v) is 1.85. The Bertz CT molecular complexity index is 236. The number of hydrogen-bond donors (Lipinski definition) is 0. The zero-order valence-electron chi connectivity index (χ0n) is 10.7. The minimum Gasteiger partial charge on any atom is -0.466 e. The quantitative estimate of drug-likeness (QED) is 0.454. The average molecular weight is 263 g/mol. The third-order valence-electron chi connectivity index (χ3n) is 2.04. The summed E-state index contributed by atoms with van der Waals surface area (Å²) in [5.41, 5.74) is 0. The fourth-order valence-electron chi connectivity index (χ4n) is 1.03. The SMILES string of the molecule is CCOC(=O)CCN(C)C(=O)CSCCOC. The van der Waals surface area contributed by atoms with E-state index >= 15 is 0 Å². The highest BCUT2D eigenvalue weighted by atomic mass is 32.2. The molecule has 0 radical (unpaired) electrons. The molecule has 0 fully saturated rings. The van der Waals surface area contributed by atoms with Crippen molar-refractivity contribution in [3.63, 3.8) is 0 Å². The Hall–Kier alpha value is -0.750. The van der Waals surface area contributed by atoms with Crippen LogP contribution in [0.5, 0.6) is 0 Å². The number of amides is 1. The molecule has 0 aromatic carbocycles. The van der Waals surface area contributed by atoms with Crippen LogP contribution in [0, 0.1) is 0 Å². The maximum Gasteiger partial charge on any atom is 0.307 e. The third-order valence-corrected chi connectivity index (χ3v) is 2.95. The molecule has 0 rings (SSSR count). The molecular weight excluding hydrogens is 242 g/mol. The molecule has 0 aromatic heterocycles.